The van der Waals surface area contributed by atoms with Gasteiger partial charge in [-0.05, 0) is 43.1 Å². The van der Waals surface area contributed by atoms with Gasteiger partial charge in [-0.15, -0.1) is 22.2 Å². The molecule has 0 N–H and O–H groups in total. The predicted octanol–water partition coefficient (Wildman–Crippen LogP) is 4.82. The third kappa shape index (κ3) is 5.25. The fourth-order valence-electron chi connectivity index (χ4n) is 1.25. The molecule has 0 spiro atoms. The van der Waals surface area contributed by atoms with Crippen LogP contribution in [0.15, 0.2) is 24.3 Å². The highest BCUT2D eigenvalue weighted by Crippen LogP contribution is 2.22. The van der Waals surface area contributed by atoms with Gasteiger partial charge in [-0.25, -0.2) is 0 Å². The summed E-state index contributed by atoms with van der Waals surface area (Å²) in [4.78, 5) is 0. The van der Waals surface area contributed by atoms with E-state index >= 15 is 0 Å². The number of rotatable bonds is 4. The maximum absolute atomic E-state index is 6.01. The summed E-state index contributed by atoms with van der Waals surface area (Å²) >= 11 is 17.8. The van der Waals surface area contributed by atoms with Crippen molar-refractivity contribution in [1.29, 1.82) is 0 Å². The van der Waals surface area contributed by atoms with Gasteiger partial charge in [-0.2, -0.15) is 0 Å². The number of aryl methyl sites for hydroxylation is 1. The van der Waals surface area contributed by atoms with Crippen molar-refractivity contribution in [2.45, 2.75) is 25.4 Å². The molecule has 0 aromatic heterocycles. The molecule has 0 aliphatic rings. The number of halogens is 3. The van der Waals surface area contributed by atoms with Crippen LogP contribution in [0.25, 0.3) is 0 Å². The van der Waals surface area contributed by atoms with Crippen molar-refractivity contribution in [3.05, 3.63) is 34.9 Å². The lowest BCUT2D eigenvalue weighted by atomic mass is 10.1. The number of benzene rings is 1. The summed E-state index contributed by atoms with van der Waals surface area (Å²) in [6.45, 7) is 0.0527. The Hall–Kier alpha value is 0.307. The van der Waals surface area contributed by atoms with E-state index in [-0.39, 0.29) is 0 Å². The smallest absolute Gasteiger partial charge is 0.146 e. The van der Waals surface area contributed by atoms with Crippen molar-refractivity contribution in [3.8, 4) is 0 Å². The van der Waals surface area contributed by atoms with Crippen LogP contribution in [-0.4, -0.2) is 6.69 Å². The van der Waals surface area contributed by atoms with Gasteiger partial charge in [0.2, 0.25) is 6.69 Å². The highest BCUT2D eigenvalue weighted by molar-refractivity contribution is 7.44. The van der Waals surface area contributed by atoms with Gasteiger partial charge in [0, 0.05) is 5.02 Å². The van der Waals surface area contributed by atoms with Crippen LogP contribution < -0.4 is 0 Å². The number of hydrogen-bond donors (Lipinski definition) is 0. The molecule has 0 heterocycles. The predicted molar refractivity (Wildman–Crippen MR) is 67.9 cm³/mol. The average molecular weight is 268 g/mol. The quantitative estimate of drug-likeness (QED) is 0.542. The van der Waals surface area contributed by atoms with E-state index in [0.29, 0.717) is 0 Å². The maximum atomic E-state index is 6.01. The van der Waals surface area contributed by atoms with Gasteiger partial charge in [0.15, 0.2) is 0 Å². The van der Waals surface area contributed by atoms with Crippen LogP contribution in [0.4, 0.5) is 0 Å². The summed E-state index contributed by atoms with van der Waals surface area (Å²) in [7, 11) is 0. The van der Waals surface area contributed by atoms with Crippen LogP contribution in [0.3, 0.4) is 0 Å². The molecule has 0 atom stereocenters. The van der Waals surface area contributed by atoms with Crippen LogP contribution in [0.5, 0.6) is 0 Å². The molecular formula is C10H13Cl3Si. The van der Waals surface area contributed by atoms with Crippen molar-refractivity contribution >= 4 is 40.5 Å². The van der Waals surface area contributed by atoms with Crippen molar-refractivity contribution in [1.82, 2.24) is 0 Å². The summed E-state index contributed by atoms with van der Waals surface area (Å²) in [5.74, 6) is 0. The third-order valence-electron chi connectivity index (χ3n) is 1.99. The van der Waals surface area contributed by atoms with Gasteiger partial charge in [0.1, 0.15) is 0 Å². The molecule has 0 bridgehead atoms. The second-order valence-corrected chi connectivity index (χ2v) is 12.2. The van der Waals surface area contributed by atoms with Crippen molar-refractivity contribution < 1.29 is 0 Å². The second-order valence-electron chi connectivity index (χ2n) is 3.55. The van der Waals surface area contributed by atoms with Crippen molar-refractivity contribution in [2.75, 3.05) is 0 Å². The zero-order chi connectivity index (χ0) is 10.6. The van der Waals surface area contributed by atoms with Gasteiger partial charge < -0.3 is 0 Å². The summed E-state index contributed by atoms with van der Waals surface area (Å²) in [5.41, 5.74) is 1.29. The molecule has 0 aliphatic heterocycles. The molecule has 4 heteroatoms. The fraction of sp³-hybridized carbons (Fsp3) is 0.400. The largest absolute Gasteiger partial charge is 0.248 e. The molecule has 0 unspecified atom stereocenters. The van der Waals surface area contributed by atoms with E-state index in [2.05, 4.69) is 0 Å². The highest BCUT2D eigenvalue weighted by atomic mass is 35.7. The Labute approximate surface area is 101 Å². The first-order chi connectivity index (χ1) is 6.47. The molecule has 0 saturated heterocycles. The Kier molecular flexibility index (Phi) is 4.78. The second kappa shape index (κ2) is 5.41. The van der Waals surface area contributed by atoms with E-state index in [0.717, 1.165) is 23.9 Å². The zero-order valence-electron chi connectivity index (χ0n) is 8.06. The Morgan fingerprint density at radius 2 is 1.71 bits per heavy atom. The average Bonchev–Trinajstić information content (AvgIpc) is 2.06. The van der Waals surface area contributed by atoms with Gasteiger partial charge in [-0.3, -0.25) is 0 Å². The summed E-state index contributed by atoms with van der Waals surface area (Å²) < 4.78 is 0. The van der Waals surface area contributed by atoms with Crippen molar-refractivity contribution in [2.24, 2.45) is 0 Å². The lowest BCUT2D eigenvalue weighted by molar-refractivity contribution is 0.911. The van der Waals surface area contributed by atoms with Gasteiger partial charge in [-0.1, -0.05) is 23.7 Å². The minimum absolute atomic E-state index is 0.780. The molecule has 1 aromatic rings. The third-order valence-corrected chi connectivity index (χ3v) is 4.61. The van der Waals surface area contributed by atoms with Gasteiger partial charge in [0.05, 0.1) is 0 Å². The Morgan fingerprint density at radius 3 is 2.21 bits per heavy atom. The van der Waals surface area contributed by atoms with Crippen LogP contribution in [0.2, 0.25) is 17.6 Å². The SMILES string of the molecule is C[Si](Cl)(Cl)CCCc1ccc(Cl)cc1. The monoisotopic (exact) mass is 266 g/mol. The fourth-order valence-corrected chi connectivity index (χ4v) is 2.98. The molecule has 0 radical (unpaired) electrons. The molecule has 1 rings (SSSR count). The van der Waals surface area contributed by atoms with Crippen LogP contribution in [0.1, 0.15) is 12.0 Å². The van der Waals surface area contributed by atoms with Crippen LogP contribution >= 0.6 is 33.8 Å². The van der Waals surface area contributed by atoms with E-state index in [4.69, 9.17) is 33.8 Å². The zero-order valence-corrected chi connectivity index (χ0v) is 11.3. The lowest BCUT2D eigenvalue weighted by Gasteiger charge is -2.09. The Bertz CT molecular complexity index is 276. The van der Waals surface area contributed by atoms with E-state index in [1.807, 2.05) is 30.8 Å². The summed E-state index contributed by atoms with van der Waals surface area (Å²) in [6.07, 6.45) is 2.08. The Balaban J connectivity index is 2.35. The highest BCUT2D eigenvalue weighted by Gasteiger charge is 2.19. The summed E-state index contributed by atoms with van der Waals surface area (Å²) in [5, 5.41) is 0.780. The molecule has 0 aliphatic carbocycles. The molecular weight excluding hydrogens is 255 g/mol. The normalized spacial score (nSPS) is 11.7. The minimum atomic E-state index is -1.90. The van der Waals surface area contributed by atoms with E-state index < -0.39 is 6.69 Å². The molecule has 0 saturated carbocycles. The summed E-state index contributed by atoms with van der Waals surface area (Å²) in [6, 6.07) is 8.86. The first-order valence-corrected chi connectivity index (χ1v) is 9.70. The van der Waals surface area contributed by atoms with E-state index in [1.54, 1.807) is 0 Å². The maximum Gasteiger partial charge on any atom is 0.248 e. The van der Waals surface area contributed by atoms with Gasteiger partial charge >= 0.3 is 0 Å². The van der Waals surface area contributed by atoms with E-state index in [1.165, 1.54) is 5.56 Å². The van der Waals surface area contributed by atoms with Crippen LogP contribution in [-0.2, 0) is 6.42 Å². The molecule has 1 aromatic carbocycles. The minimum Gasteiger partial charge on any atom is -0.146 e. The molecule has 0 nitrogen and oxygen atoms in total. The van der Waals surface area contributed by atoms with Crippen LogP contribution in [0, 0.1) is 0 Å². The standard InChI is InChI=1S/C10H13Cl3Si/c1-14(12,13)8-2-3-9-4-6-10(11)7-5-9/h4-7H,2-3,8H2,1H3. The topological polar surface area (TPSA) is 0 Å². The molecule has 0 amide bonds. The Morgan fingerprint density at radius 1 is 1.14 bits per heavy atom. The van der Waals surface area contributed by atoms with Crippen molar-refractivity contribution in [3.63, 3.8) is 0 Å². The molecule has 14 heavy (non-hydrogen) atoms. The van der Waals surface area contributed by atoms with Gasteiger partial charge in [0.25, 0.3) is 0 Å². The first kappa shape index (κ1) is 12.4. The first-order valence-electron chi connectivity index (χ1n) is 4.60. The lowest BCUT2D eigenvalue weighted by Crippen LogP contribution is -2.11. The molecule has 0 fully saturated rings. The van der Waals surface area contributed by atoms with E-state index in [9.17, 15) is 0 Å². The molecule has 78 valence electrons. The number of hydrogen-bond acceptors (Lipinski definition) is 0.